The Balaban J connectivity index is 1.48. The van der Waals surface area contributed by atoms with Crippen molar-refractivity contribution in [2.24, 2.45) is 0 Å². The molecule has 0 saturated heterocycles. The van der Waals surface area contributed by atoms with Crippen molar-refractivity contribution >= 4 is 11.6 Å². The molecule has 6 heteroatoms. The highest BCUT2D eigenvalue weighted by molar-refractivity contribution is 5.94. The van der Waals surface area contributed by atoms with E-state index in [1.807, 2.05) is 55.5 Å². The normalized spacial score (nSPS) is 14.6. The number of hydrogen-bond donors (Lipinski definition) is 1. The first kappa shape index (κ1) is 19.2. The van der Waals surface area contributed by atoms with Gasteiger partial charge >= 0.3 is 0 Å². The maximum Gasteiger partial charge on any atom is 0.265 e. The Labute approximate surface area is 170 Å². The van der Waals surface area contributed by atoms with E-state index in [2.05, 4.69) is 20.1 Å². The molecule has 4 rings (SSSR count). The molecule has 2 aromatic carbocycles. The summed E-state index contributed by atoms with van der Waals surface area (Å²) in [5.74, 6) is 2.37. The van der Waals surface area contributed by atoms with Gasteiger partial charge in [0.15, 0.2) is 11.9 Å². The van der Waals surface area contributed by atoms with Gasteiger partial charge in [-0.05, 0) is 56.5 Å². The fraction of sp³-hybridized carbons (Fsp3) is 0.348. The Morgan fingerprint density at radius 1 is 1.10 bits per heavy atom. The standard InChI is InChI=1S/C23H26N4O2/c1-16-8-6-10-19(14-16)24-23(28)17(2)29-20-11-7-9-18(15-20)22-26-25-21-12-4-3-5-13-27(21)22/h6-11,14-15,17H,3-5,12-13H2,1-2H3,(H,24,28)/t17-/m0/s1. The Morgan fingerprint density at radius 3 is 2.83 bits per heavy atom. The number of carbonyl (C=O) groups excluding carboxylic acids is 1. The second-order valence-corrected chi connectivity index (χ2v) is 7.55. The van der Waals surface area contributed by atoms with Crippen LogP contribution in [0, 0.1) is 6.92 Å². The molecule has 0 unspecified atom stereocenters. The zero-order chi connectivity index (χ0) is 20.2. The topological polar surface area (TPSA) is 69.0 Å². The minimum atomic E-state index is -0.624. The summed E-state index contributed by atoms with van der Waals surface area (Å²) in [6.45, 7) is 4.69. The molecule has 1 aliphatic heterocycles. The highest BCUT2D eigenvalue weighted by Gasteiger charge is 2.18. The fourth-order valence-electron chi connectivity index (χ4n) is 3.63. The molecule has 1 aliphatic rings. The third-order valence-corrected chi connectivity index (χ3v) is 5.17. The summed E-state index contributed by atoms with van der Waals surface area (Å²) in [5.41, 5.74) is 2.82. The molecule has 150 valence electrons. The number of anilines is 1. The molecule has 6 nitrogen and oxygen atoms in total. The zero-order valence-corrected chi connectivity index (χ0v) is 16.9. The molecule has 1 amide bonds. The van der Waals surface area contributed by atoms with Gasteiger partial charge in [0.2, 0.25) is 0 Å². The van der Waals surface area contributed by atoms with E-state index in [4.69, 9.17) is 4.74 Å². The second kappa shape index (κ2) is 8.47. The van der Waals surface area contributed by atoms with E-state index in [9.17, 15) is 4.79 Å². The predicted molar refractivity (Wildman–Crippen MR) is 113 cm³/mol. The van der Waals surface area contributed by atoms with Crippen molar-refractivity contribution in [3.05, 3.63) is 59.9 Å². The lowest BCUT2D eigenvalue weighted by atomic mass is 10.2. The Bertz CT molecular complexity index is 1010. The lowest BCUT2D eigenvalue weighted by Crippen LogP contribution is -2.30. The van der Waals surface area contributed by atoms with Crippen LogP contribution >= 0.6 is 0 Å². The number of ether oxygens (including phenoxy) is 1. The van der Waals surface area contributed by atoms with Crippen LogP contribution in [-0.2, 0) is 17.8 Å². The first-order chi connectivity index (χ1) is 14.1. The van der Waals surface area contributed by atoms with Crippen molar-refractivity contribution in [2.75, 3.05) is 5.32 Å². The Kier molecular flexibility index (Phi) is 5.60. The van der Waals surface area contributed by atoms with Gasteiger partial charge in [-0.1, -0.05) is 30.7 Å². The van der Waals surface area contributed by atoms with Crippen LogP contribution in [0.25, 0.3) is 11.4 Å². The second-order valence-electron chi connectivity index (χ2n) is 7.55. The summed E-state index contributed by atoms with van der Waals surface area (Å²) >= 11 is 0. The highest BCUT2D eigenvalue weighted by Crippen LogP contribution is 2.26. The van der Waals surface area contributed by atoms with E-state index < -0.39 is 6.10 Å². The summed E-state index contributed by atoms with van der Waals surface area (Å²) in [6.07, 6.45) is 3.87. The monoisotopic (exact) mass is 390 g/mol. The number of nitrogens with one attached hydrogen (secondary N) is 1. The summed E-state index contributed by atoms with van der Waals surface area (Å²) < 4.78 is 8.12. The molecule has 1 aromatic heterocycles. The van der Waals surface area contributed by atoms with Crippen molar-refractivity contribution < 1.29 is 9.53 Å². The first-order valence-electron chi connectivity index (χ1n) is 10.2. The van der Waals surface area contributed by atoms with Gasteiger partial charge in [0.1, 0.15) is 11.6 Å². The molecule has 0 spiro atoms. The van der Waals surface area contributed by atoms with E-state index in [1.165, 1.54) is 6.42 Å². The minimum absolute atomic E-state index is 0.183. The number of aromatic nitrogens is 3. The first-order valence-corrected chi connectivity index (χ1v) is 10.2. The smallest absolute Gasteiger partial charge is 0.265 e. The largest absolute Gasteiger partial charge is 0.481 e. The third kappa shape index (κ3) is 4.47. The van der Waals surface area contributed by atoms with Crippen molar-refractivity contribution in [2.45, 2.75) is 52.2 Å². The van der Waals surface area contributed by atoms with Crippen molar-refractivity contribution in [1.82, 2.24) is 14.8 Å². The fourth-order valence-corrected chi connectivity index (χ4v) is 3.63. The number of aryl methyl sites for hydroxylation is 2. The highest BCUT2D eigenvalue weighted by atomic mass is 16.5. The third-order valence-electron chi connectivity index (χ3n) is 5.17. The summed E-state index contributed by atoms with van der Waals surface area (Å²) in [6, 6.07) is 15.4. The SMILES string of the molecule is Cc1cccc(NC(=O)[C@H](C)Oc2cccc(-c3nnc4n3CCCCC4)c2)c1. The van der Waals surface area contributed by atoms with Crippen molar-refractivity contribution in [3.63, 3.8) is 0 Å². The van der Waals surface area contributed by atoms with Crippen LogP contribution in [0.2, 0.25) is 0 Å². The number of hydrogen-bond acceptors (Lipinski definition) is 4. The molecular formula is C23H26N4O2. The molecule has 0 radical (unpaired) electrons. The quantitative estimate of drug-likeness (QED) is 0.702. The van der Waals surface area contributed by atoms with Gasteiger partial charge in [-0.15, -0.1) is 10.2 Å². The molecule has 0 saturated carbocycles. The lowest BCUT2D eigenvalue weighted by Gasteiger charge is -2.16. The van der Waals surface area contributed by atoms with Gasteiger partial charge in [-0.25, -0.2) is 0 Å². The number of rotatable bonds is 5. The zero-order valence-electron chi connectivity index (χ0n) is 16.9. The molecule has 29 heavy (non-hydrogen) atoms. The number of benzene rings is 2. The van der Waals surface area contributed by atoms with Crippen LogP contribution in [0.15, 0.2) is 48.5 Å². The molecule has 0 bridgehead atoms. The van der Waals surface area contributed by atoms with Crippen molar-refractivity contribution in [3.8, 4) is 17.1 Å². The minimum Gasteiger partial charge on any atom is -0.481 e. The van der Waals surface area contributed by atoms with E-state index in [1.54, 1.807) is 6.92 Å². The van der Waals surface area contributed by atoms with Crippen LogP contribution < -0.4 is 10.1 Å². The van der Waals surface area contributed by atoms with E-state index in [0.29, 0.717) is 5.75 Å². The summed E-state index contributed by atoms with van der Waals surface area (Å²) in [4.78, 5) is 12.5. The predicted octanol–water partition coefficient (Wildman–Crippen LogP) is 4.39. The number of fused-ring (bicyclic) bond motifs is 1. The molecule has 2 heterocycles. The van der Waals surface area contributed by atoms with E-state index in [-0.39, 0.29) is 5.91 Å². The van der Waals surface area contributed by atoms with Crippen LogP contribution in [0.4, 0.5) is 5.69 Å². The summed E-state index contributed by atoms with van der Waals surface area (Å²) in [7, 11) is 0. The Hall–Kier alpha value is -3.15. The van der Waals surface area contributed by atoms with Crippen LogP contribution in [0.1, 0.15) is 37.6 Å². The molecule has 3 aromatic rings. The van der Waals surface area contributed by atoms with Gasteiger partial charge in [-0.3, -0.25) is 4.79 Å². The van der Waals surface area contributed by atoms with Gasteiger partial charge < -0.3 is 14.6 Å². The number of amides is 1. The molecule has 0 aliphatic carbocycles. The van der Waals surface area contributed by atoms with Gasteiger partial charge in [0.05, 0.1) is 0 Å². The Morgan fingerprint density at radius 2 is 1.97 bits per heavy atom. The molecule has 0 fully saturated rings. The van der Waals surface area contributed by atoms with Crippen molar-refractivity contribution in [1.29, 1.82) is 0 Å². The number of nitrogens with zero attached hydrogens (tertiary/aromatic N) is 3. The number of carbonyl (C=O) groups is 1. The molecule has 1 atom stereocenters. The van der Waals surface area contributed by atoms with Crippen LogP contribution in [-0.4, -0.2) is 26.8 Å². The summed E-state index contributed by atoms with van der Waals surface area (Å²) in [5, 5.41) is 11.7. The van der Waals surface area contributed by atoms with Crippen LogP contribution in [0.3, 0.4) is 0 Å². The lowest BCUT2D eigenvalue weighted by molar-refractivity contribution is -0.122. The molecular weight excluding hydrogens is 364 g/mol. The maximum absolute atomic E-state index is 12.5. The average molecular weight is 390 g/mol. The molecule has 1 N–H and O–H groups in total. The van der Waals surface area contributed by atoms with E-state index in [0.717, 1.165) is 54.3 Å². The van der Waals surface area contributed by atoms with Crippen LogP contribution in [0.5, 0.6) is 5.75 Å². The average Bonchev–Trinajstić information content (AvgIpc) is 2.96. The van der Waals surface area contributed by atoms with Gasteiger partial charge in [-0.2, -0.15) is 0 Å². The van der Waals surface area contributed by atoms with Gasteiger partial charge in [0.25, 0.3) is 5.91 Å². The van der Waals surface area contributed by atoms with E-state index >= 15 is 0 Å². The maximum atomic E-state index is 12.5. The van der Waals surface area contributed by atoms with Gasteiger partial charge in [0, 0.05) is 24.2 Å².